The van der Waals surface area contributed by atoms with E-state index in [-0.39, 0.29) is 18.0 Å². The Kier molecular flexibility index (Phi) is 5.21. The smallest absolute Gasteiger partial charge is 0.350 e. The molecule has 166 valence electrons. The lowest BCUT2D eigenvalue weighted by atomic mass is 9.84. The van der Waals surface area contributed by atoms with Crippen molar-refractivity contribution in [2.24, 2.45) is 5.92 Å². The molecule has 0 bridgehead atoms. The maximum Gasteiger partial charge on any atom is 0.350 e. The Labute approximate surface area is 181 Å². The van der Waals surface area contributed by atoms with E-state index in [0.29, 0.717) is 21.3 Å². The van der Waals surface area contributed by atoms with Crippen molar-refractivity contribution in [2.45, 2.75) is 50.7 Å². The first-order chi connectivity index (χ1) is 14.7. The number of methoxy groups -OCH3 is 1. The van der Waals surface area contributed by atoms with Gasteiger partial charge in [-0.05, 0) is 38.4 Å². The number of nitrogens with zero attached hydrogens (tertiary/aromatic N) is 4. The third-order valence-corrected chi connectivity index (χ3v) is 6.73. The minimum absolute atomic E-state index is 0.0361. The second-order valence-corrected chi connectivity index (χ2v) is 9.10. The first kappa shape index (κ1) is 21.2. The number of likely N-dealkylation sites (N-methyl/N-ethyl adjacent to an activating group) is 1. The fraction of sp³-hybridized carbons (Fsp3) is 0.591. The van der Waals surface area contributed by atoms with E-state index >= 15 is 0 Å². The number of anilines is 1. The molecule has 2 aliphatic rings. The molecule has 1 aliphatic heterocycles. The zero-order valence-electron chi connectivity index (χ0n) is 18.5. The van der Waals surface area contributed by atoms with Crippen molar-refractivity contribution in [3.05, 3.63) is 44.4 Å². The number of fused-ring (bicyclic) bond motifs is 1. The van der Waals surface area contributed by atoms with Crippen LogP contribution in [0.2, 0.25) is 0 Å². The van der Waals surface area contributed by atoms with Crippen LogP contribution in [0.15, 0.2) is 21.7 Å². The highest BCUT2D eigenvalue weighted by Crippen LogP contribution is 2.42. The number of nitrogens with one attached hydrogen (secondary N) is 1. The SMILES string of the molecule is [C-]#[N+]C(C)(C)C(NC)C1CCN(c2ccc3c(=O)n(N)c(=O)n(C4CC4)c3c2OC)C1. The van der Waals surface area contributed by atoms with E-state index in [1.807, 2.05) is 27.0 Å². The van der Waals surface area contributed by atoms with Crippen LogP contribution in [-0.2, 0) is 0 Å². The average Bonchev–Trinajstić information content (AvgIpc) is 3.48. The minimum atomic E-state index is -0.518. The molecule has 0 radical (unpaired) electrons. The molecule has 2 aromatic rings. The molecular weight excluding hydrogens is 396 g/mol. The van der Waals surface area contributed by atoms with Crippen LogP contribution in [0.1, 0.15) is 39.2 Å². The maximum absolute atomic E-state index is 12.8. The van der Waals surface area contributed by atoms with Crippen LogP contribution >= 0.6 is 0 Å². The highest BCUT2D eigenvalue weighted by Gasteiger charge is 2.43. The van der Waals surface area contributed by atoms with E-state index in [2.05, 4.69) is 15.1 Å². The summed E-state index contributed by atoms with van der Waals surface area (Å²) in [5, 5.41) is 3.73. The number of benzene rings is 1. The van der Waals surface area contributed by atoms with Crippen molar-refractivity contribution in [2.75, 3.05) is 38.0 Å². The molecular formula is C22H30N6O3. The molecule has 2 atom stereocenters. The van der Waals surface area contributed by atoms with Crippen molar-refractivity contribution in [1.29, 1.82) is 0 Å². The molecule has 1 aromatic carbocycles. The third-order valence-electron chi connectivity index (χ3n) is 6.73. The van der Waals surface area contributed by atoms with Crippen molar-refractivity contribution in [3.63, 3.8) is 0 Å². The van der Waals surface area contributed by atoms with Gasteiger partial charge in [-0.15, -0.1) is 0 Å². The predicted octanol–water partition coefficient (Wildman–Crippen LogP) is 1.33. The summed E-state index contributed by atoms with van der Waals surface area (Å²) in [6.45, 7) is 13.1. The Hall–Kier alpha value is -2.99. The summed E-state index contributed by atoms with van der Waals surface area (Å²) in [6, 6.07) is 3.70. The number of ether oxygens (including phenoxy) is 1. The molecule has 2 fully saturated rings. The van der Waals surface area contributed by atoms with Gasteiger partial charge in [0.05, 0.1) is 24.2 Å². The zero-order chi connectivity index (χ0) is 22.5. The Morgan fingerprint density at radius 1 is 1.29 bits per heavy atom. The first-order valence-electron chi connectivity index (χ1n) is 10.7. The van der Waals surface area contributed by atoms with Crippen LogP contribution < -0.4 is 32.0 Å². The van der Waals surface area contributed by atoms with Gasteiger partial charge in [0.15, 0.2) is 5.75 Å². The van der Waals surface area contributed by atoms with E-state index in [9.17, 15) is 9.59 Å². The van der Waals surface area contributed by atoms with E-state index in [1.165, 1.54) is 0 Å². The fourth-order valence-electron chi connectivity index (χ4n) is 5.04. The number of rotatable bonds is 6. The highest BCUT2D eigenvalue weighted by molar-refractivity contribution is 5.90. The lowest BCUT2D eigenvalue weighted by molar-refractivity contribution is 0.309. The topological polar surface area (TPSA) is 98.9 Å². The summed E-state index contributed by atoms with van der Waals surface area (Å²) in [4.78, 5) is 31.5. The van der Waals surface area contributed by atoms with Crippen LogP contribution in [0.25, 0.3) is 15.7 Å². The molecule has 3 N–H and O–H groups in total. The Bertz CT molecular complexity index is 1170. The molecule has 4 rings (SSSR count). The molecule has 0 amide bonds. The standard InChI is InChI=1S/C22H30N6O3/c1-22(2,25-4)19(24-3)13-10-11-26(12-13)16-9-8-15-17(18(16)31-5)27(14-6-7-14)21(30)28(23)20(15)29/h8-9,13-14,19,24H,6-7,10-12,23H2,1-3,5H3. The summed E-state index contributed by atoms with van der Waals surface area (Å²) < 4.78 is 8.10. The Balaban J connectivity index is 1.81. The van der Waals surface area contributed by atoms with E-state index < -0.39 is 16.8 Å². The summed E-state index contributed by atoms with van der Waals surface area (Å²) in [7, 11) is 3.48. The van der Waals surface area contributed by atoms with Gasteiger partial charge in [-0.2, -0.15) is 4.68 Å². The molecule has 1 aromatic heterocycles. The summed E-state index contributed by atoms with van der Waals surface area (Å²) in [5.74, 6) is 6.60. The average molecular weight is 427 g/mol. The highest BCUT2D eigenvalue weighted by atomic mass is 16.5. The third kappa shape index (κ3) is 3.35. The Morgan fingerprint density at radius 3 is 2.58 bits per heavy atom. The van der Waals surface area contributed by atoms with Crippen molar-refractivity contribution >= 4 is 16.6 Å². The summed E-state index contributed by atoms with van der Waals surface area (Å²) in [6.07, 6.45) is 2.69. The van der Waals surface area contributed by atoms with Crippen LogP contribution in [0.4, 0.5) is 5.69 Å². The normalized spacial score (nSPS) is 20.1. The quantitative estimate of drug-likeness (QED) is 0.534. The lowest BCUT2D eigenvalue weighted by Crippen LogP contribution is -2.49. The van der Waals surface area contributed by atoms with Crippen LogP contribution in [0, 0.1) is 12.5 Å². The largest absolute Gasteiger partial charge is 0.492 e. The summed E-state index contributed by atoms with van der Waals surface area (Å²) in [5.41, 5.74) is -0.161. The second kappa shape index (κ2) is 7.61. The summed E-state index contributed by atoms with van der Waals surface area (Å²) >= 11 is 0. The number of hydrogen-bond donors (Lipinski definition) is 2. The fourth-order valence-corrected chi connectivity index (χ4v) is 5.04. The predicted molar refractivity (Wildman–Crippen MR) is 121 cm³/mol. The van der Waals surface area contributed by atoms with Gasteiger partial charge in [0, 0.05) is 38.9 Å². The van der Waals surface area contributed by atoms with E-state index in [0.717, 1.165) is 38.0 Å². The maximum atomic E-state index is 12.8. The van der Waals surface area contributed by atoms with E-state index in [4.69, 9.17) is 17.2 Å². The minimum Gasteiger partial charge on any atom is -0.492 e. The monoisotopic (exact) mass is 426 g/mol. The lowest BCUT2D eigenvalue weighted by Gasteiger charge is -2.29. The molecule has 1 aliphatic carbocycles. The zero-order valence-corrected chi connectivity index (χ0v) is 18.5. The van der Waals surface area contributed by atoms with Gasteiger partial charge in [-0.1, -0.05) is 0 Å². The van der Waals surface area contributed by atoms with Gasteiger partial charge in [0.25, 0.3) is 5.56 Å². The van der Waals surface area contributed by atoms with Crippen LogP contribution in [0.5, 0.6) is 5.75 Å². The molecule has 2 unspecified atom stereocenters. The second-order valence-electron chi connectivity index (χ2n) is 9.10. The van der Waals surface area contributed by atoms with Crippen LogP contribution in [0.3, 0.4) is 0 Å². The van der Waals surface area contributed by atoms with Gasteiger partial charge >= 0.3 is 5.69 Å². The molecule has 0 spiro atoms. The van der Waals surface area contributed by atoms with Gasteiger partial charge in [0.1, 0.15) is 5.52 Å². The molecule has 9 heteroatoms. The first-order valence-corrected chi connectivity index (χ1v) is 10.7. The van der Waals surface area contributed by atoms with Gasteiger partial charge in [-0.25, -0.2) is 11.4 Å². The molecule has 9 nitrogen and oxygen atoms in total. The van der Waals surface area contributed by atoms with Crippen molar-refractivity contribution in [1.82, 2.24) is 14.6 Å². The van der Waals surface area contributed by atoms with Gasteiger partial charge in [-0.3, -0.25) is 9.36 Å². The molecule has 1 saturated heterocycles. The number of aromatic nitrogens is 2. The number of nitrogen functional groups attached to an aromatic ring is 1. The molecule has 2 heterocycles. The molecule has 31 heavy (non-hydrogen) atoms. The molecule has 1 saturated carbocycles. The number of nitrogens with two attached hydrogens (primary N) is 1. The van der Waals surface area contributed by atoms with Crippen molar-refractivity contribution < 1.29 is 4.74 Å². The Morgan fingerprint density at radius 2 is 2.00 bits per heavy atom. The van der Waals surface area contributed by atoms with Crippen molar-refractivity contribution in [3.8, 4) is 5.75 Å². The van der Waals surface area contributed by atoms with Gasteiger partial charge in [0.2, 0.25) is 5.54 Å². The van der Waals surface area contributed by atoms with Gasteiger partial charge < -0.3 is 25.6 Å². The number of hydrogen-bond acceptors (Lipinski definition) is 6. The van der Waals surface area contributed by atoms with E-state index in [1.54, 1.807) is 17.7 Å². The van der Waals surface area contributed by atoms with Crippen LogP contribution in [-0.4, -0.2) is 48.1 Å².